The number of ether oxygens (including phenoxy) is 5. The number of nitrogens with zero attached hydrogens (tertiary/aromatic N) is 1. The summed E-state index contributed by atoms with van der Waals surface area (Å²) in [6, 6.07) is 4.81. The summed E-state index contributed by atoms with van der Waals surface area (Å²) in [5.41, 5.74) is 0.810. The van der Waals surface area contributed by atoms with E-state index in [1.165, 1.54) is 17.4 Å². The molecule has 3 atom stereocenters. The van der Waals surface area contributed by atoms with Gasteiger partial charge in [-0.15, -0.1) is 0 Å². The lowest BCUT2D eigenvalue weighted by molar-refractivity contribution is -0.195. The predicted octanol–water partition coefficient (Wildman–Crippen LogP) is 2.50. The Balaban J connectivity index is 1.45. The molecule has 1 aromatic carbocycles. The van der Waals surface area contributed by atoms with Gasteiger partial charge in [0.25, 0.3) is 0 Å². The van der Waals surface area contributed by atoms with E-state index < -0.39 is 30.4 Å². The van der Waals surface area contributed by atoms with Crippen LogP contribution in [0, 0.1) is 5.92 Å². The predicted molar refractivity (Wildman–Crippen MR) is 190 cm³/mol. The molecule has 3 rings (SSSR count). The summed E-state index contributed by atoms with van der Waals surface area (Å²) in [4.78, 5) is 73.0. The van der Waals surface area contributed by atoms with E-state index in [0.29, 0.717) is 18.4 Å². The zero-order chi connectivity index (χ0) is 38.4. The lowest BCUT2D eigenvalue weighted by Crippen LogP contribution is -2.42. The van der Waals surface area contributed by atoms with Crippen molar-refractivity contribution in [3.05, 3.63) is 35.9 Å². The molecule has 1 aliphatic heterocycles. The summed E-state index contributed by atoms with van der Waals surface area (Å²) < 4.78 is 27.9. The molecule has 16 heteroatoms. The lowest BCUT2D eigenvalue weighted by atomic mass is 9.91. The minimum atomic E-state index is -1.26. The fourth-order valence-corrected chi connectivity index (χ4v) is 5.73. The van der Waals surface area contributed by atoms with Crippen LogP contribution in [-0.2, 0) is 54.3 Å². The minimum Gasteiger partial charge on any atom is -0.479 e. The highest BCUT2D eigenvalue weighted by Crippen LogP contribution is 2.31. The van der Waals surface area contributed by atoms with Crippen molar-refractivity contribution in [2.45, 2.75) is 95.7 Å². The van der Waals surface area contributed by atoms with Crippen molar-refractivity contribution in [2.75, 3.05) is 51.9 Å². The Morgan fingerprint density at radius 3 is 2.38 bits per heavy atom. The van der Waals surface area contributed by atoms with Gasteiger partial charge in [0, 0.05) is 51.9 Å². The first-order valence-corrected chi connectivity index (χ1v) is 18.2. The second kappa shape index (κ2) is 24.0. The third kappa shape index (κ3) is 16.9. The number of likely N-dealkylation sites (N-methyl/N-ethyl adjacent to an activating group) is 1. The number of carboxylic acid groups (broad SMARTS) is 1. The Morgan fingerprint density at radius 1 is 0.943 bits per heavy atom. The van der Waals surface area contributed by atoms with Crippen LogP contribution in [0.4, 0.5) is 5.69 Å². The first kappa shape index (κ1) is 43.0. The SMILES string of the molecule is CN(CCOCCOCCC(=O)NCCC(=O)Nc1cc(COC(=O)C2CCCCCCC2)ccc1OC1CC(O)C[C@@H](C(=O)O)O1)C(=O)/C=C\C=O. The molecular weight excluding hydrogens is 694 g/mol. The van der Waals surface area contributed by atoms with Crippen molar-refractivity contribution in [1.29, 1.82) is 0 Å². The maximum Gasteiger partial charge on any atom is 0.333 e. The second-order valence-electron chi connectivity index (χ2n) is 13.0. The third-order valence-corrected chi connectivity index (χ3v) is 8.72. The number of aliphatic hydroxyl groups excluding tert-OH is 1. The van der Waals surface area contributed by atoms with E-state index in [1.807, 2.05) is 0 Å². The van der Waals surface area contributed by atoms with Gasteiger partial charge in [-0.2, -0.15) is 0 Å². The Morgan fingerprint density at radius 2 is 1.66 bits per heavy atom. The van der Waals surface area contributed by atoms with Crippen LogP contribution in [0.25, 0.3) is 0 Å². The molecule has 2 aliphatic rings. The first-order valence-electron chi connectivity index (χ1n) is 18.2. The van der Waals surface area contributed by atoms with Crippen molar-refractivity contribution in [2.24, 2.45) is 5.92 Å². The molecule has 53 heavy (non-hydrogen) atoms. The van der Waals surface area contributed by atoms with Crippen LogP contribution in [0.2, 0.25) is 0 Å². The Bertz CT molecular complexity index is 1380. The number of benzene rings is 1. The number of anilines is 1. The molecule has 3 amide bonds. The van der Waals surface area contributed by atoms with Crippen LogP contribution in [0.15, 0.2) is 30.4 Å². The van der Waals surface area contributed by atoms with E-state index in [0.717, 1.165) is 44.6 Å². The fraction of sp³-hybridized carbons (Fsp3) is 0.622. The maximum absolute atomic E-state index is 13.0. The summed E-state index contributed by atoms with van der Waals surface area (Å²) in [6.07, 6.45) is 6.37. The molecule has 0 bridgehead atoms. The first-order chi connectivity index (χ1) is 25.5. The van der Waals surface area contributed by atoms with E-state index in [9.17, 15) is 39.0 Å². The molecule has 0 spiro atoms. The smallest absolute Gasteiger partial charge is 0.333 e. The van der Waals surface area contributed by atoms with Gasteiger partial charge in [0.15, 0.2) is 6.10 Å². The number of allylic oxidation sites excluding steroid dienone is 1. The van der Waals surface area contributed by atoms with Crippen molar-refractivity contribution < 1.29 is 62.7 Å². The van der Waals surface area contributed by atoms with E-state index in [1.54, 1.807) is 25.2 Å². The van der Waals surface area contributed by atoms with Gasteiger partial charge in [-0.05, 0) is 36.6 Å². The maximum atomic E-state index is 13.0. The average molecular weight is 748 g/mol. The van der Waals surface area contributed by atoms with Crippen LogP contribution >= 0.6 is 0 Å². The molecule has 0 radical (unpaired) electrons. The normalized spacial score (nSPS) is 19.4. The molecule has 2 fully saturated rings. The van der Waals surface area contributed by atoms with Crippen LogP contribution in [0.3, 0.4) is 0 Å². The lowest BCUT2D eigenvalue weighted by Gasteiger charge is -2.31. The van der Waals surface area contributed by atoms with Crippen molar-refractivity contribution in [3.8, 4) is 5.75 Å². The number of hydrogen-bond acceptors (Lipinski definition) is 12. The Hall–Kier alpha value is -4.38. The van der Waals surface area contributed by atoms with Gasteiger partial charge >= 0.3 is 11.9 Å². The number of amides is 3. The van der Waals surface area contributed by atoms with E-state index in [-0.39, 0.29) is 100 Å². The molecular formula is C37H53N3O13. The van der Waals surface area contributed by atoms with Gasteiger partial charge in [0.05, 0.1) is 44.1 Å². The monoisotopic (exact) mass is 747 g/mol. The van der Waals surface area contributed by atoms with E-state index >= 15 is 0 Å². The molecule has 1 saturated heterocycles. The number of carboxylic acids is 1. The Labute approximate surface area is 309 Å². The number of carbonyl (C=O) groups is 6. The van der Waals surface area contributed by atoms with Gasteiger partial charge in [0.2, 0.25) is 24.0 Å². The molecule has 1 saturated carbocycles. The summed E-state index contributed by atoms with van der Waals surface area (Å²) >= 11 is 0. The van der Waals surface area contributed by atoms with Crippen molar-refractivity contribution >= 4 is 41.6 Å². The van der Waals surface area contributed by atoms with Crippen molar-refractivity contribution in [3.63, 3.8) is 0 Å². The number of aldehydes is 1. The molecule has 1 heterocycles. The van der Waals surface area contributed by atoms with Gasteiger partial charge in [-0.25, -0.2) is 4.79 Å². The number of aliphatic carboxylic acids is 1. The quantitative estimate of drug-likeness (QED) is 0.0616. The van der Waals surface area contributed by atoms with E-state index in [2.05, 4.69) is 10.6 Å². The molecule has 2 unspecified atom stereocenters. The number of rotatable bonds is 21. The molecule has 294 valence electrons. The summed E-state index contributed by atoms with van der Waals surface area (Å²) in [7, 11) is 1.59. The van der Waals surface area contributed by atoms with Crippen LogP contribution in [0.5, 0.6) is 5.75 Å². The molecule has 1 aromatic rings. The second-order valence-corrected chi connectivity index (χ2v) is 13.0. The summed E-state index contributed by atoms with van der Waals surface area (Å²) in [5.74, 6) is -2.55. The van der Waals surface area contributed by atoms with Gasteiger partial charge in [-0.3, -0.25) is 24.0 Å². The topological polar surface area (TPSA) is 216 Å². The largest absolute Gasteiger partial charge is 0.479 e. The highest BCUT2D eigenvalue weighted by atomic mass is 16.7. The molecule has 1 aliphatic carbocycles. The zero-order valence-corrected chi connectivity index (χ0v) is 30.3. The summed E-state index contributed by atoms with van der Waals surface area (Å²) in [5, 5.41) is 25.0. The average Bonchev–Trinajstić information content (AvgIpc) is 3.11. The van der Waals surface area contributed by atoms with Gasteiger partial charge < -0.3 is 49.4 Å². The van der Waals surface area contributed by atoms with Crippen molar-refractivity contribution in [1.82, 2.24) is 10.2 Å². The fourth-order valence-electron chi connectivity index (χ4n) is 5.73. The highest BCUT2D eigenvalue weighted by Gasteiger charge is 2.34. The number of carbonyl (C=O) groups excluding carboxylic acids is 5. The molecule has 4 N–H and O–H groups in total. The zero-order valence-electron chi connectivity index (χ0n) is 30.3. The number of nitrogens with one attached hydrogen (secondary N) is 2. The number of esters is 1. The minimum absolute atomic E-state index is 0.0166. The Kier molecular flexibility index (Phi) is 19.5. The number of hydrogen-bond donors (Lipinski definition) is 4. The standard InChI is InChI=1S/C37H53N3O13/c1-40(34(45)10-7-17-41)16-19-50-21-20-49-18-14-32(43)38-15-13-33(44)39-29-22-26(25-51-37(48)27-8-5-3-2-4-6-9-27)11-12-30(29)52-35-24-28(42)23-31(53-35)36(46)47/h7,10-12,17,22,27-28,31,35,42H,2-6,8-9,13-16,18-21,23-25H2,1H3,(H,38,43)(H,39,44)(H,46,47)/b10-7-/t28?,31-,35?/m0/s1. The summed E-state index contributed by atoms with van der Waals surface area (Å²) in [6.45, 7) is 1.26. The van der Waals surface area contributed by atoms with Crippen LogP contribution in [0.1, 0.15) is 76.2 Å². The molecule has 0 aromatic heterocycles. The van der Waals surface area contributed by atoms with Gasteiger partial charge in [-0.1, -0.05) is 38.2 Å². The molecule has 16 nitrogen and oxygen atoms in total. The van der Waals surface area contributed by atoms with Crippen LogP contribution < -0.4 is 15.4 Å². The number of aliphatic hydroxyl groups is 1. The third-order valence-electron chi connectivity index (χ3n) is 8.72. The highest BCUT2D eigenvalue weighted by molar-refractivity contribution is 5.93. The van der Waals surface area contributed by atoms with E-state index in [4.69, 9.17) is 23.7 Å². The van der Waals surface area contributed by atoms with Gasteiger partial charge in [0.1, 0.15) is 18.6 Å². The van der Waals surface area contributed by atoms with Crippen LogP contribution in [-0.4, -0.2) is 116 Å².